The molecule has 0 fully saturated rings. The Morgan fingerprint density at radius 3 is 2.72 bits per heavy atom. The highest BCUT2D eigenvalue weighted by Gasteiger charge is 2.48. The first-order chi connectivity index (χ1) is 11.7. The van der Waals surface area contributed by atoms with Crippen molar-refractivity contribution in [1.29, 1.82) is 5.26 Å². The van der Waals surface area contributed by atoms with Crippen molar-refractivity contribution < 1.29 is 14.3 Å². The van der Waals surface area contributed by atoms with Crippen LogP contribution in [0.1, 0.15) is 56.7 Å². The number of amides is 1. The second kappa shape index (κ2) is 5.73. The van der Waals surface area contributed by atoms with E-state index < -0.39 is 5.97 Å². The van der Waals surface area contributed by atoms with Crippen LogP contribution in [0.15, 0.2) is 17.7 Å². The molecule has 5 heteroatoms. The third kappa shape index (κ3) is 2.44. The van der Waals surface area contributed by atoms with Gasteiger partial charge in [-0.3, -0.25) is 4.79 Å². The first-order valence-corrected chi connectivity index (χ1v) is 8.54. The molecular weight excluding hydrogens is 316 g/mol. The predicted octanol–water partition coefficient (Wildman–Crippen LogP) is 3.47. The average Bonchev–Trinajstić information content (AvgIpc) is 2.80. The fraction of sp³-hybridized carbons (Fsp3) is 0.450. The van der Waals surface area contributed by atoms with Gasteiger partial charge in [0.15, 0.2) is 5.57 Å². The fourth-order valence-corrected chi connectivity index (χ4v) is 4.13. The van der Waals surface area contributed by atoms with Gasteiger partial charge in [0, 0.05) is 11.1 Å². The first-order valence-electron chi connectivity index (χ1n) is 8.54. The number of carbonyl (C=O) groups excluding carboxylic acids is 2. The summed E-state index contributed by atoms with van der Waals surface area (Å²) < 4.78 is 5.00. The van der Waals surface area contributed by atoms with Crippen molar-refractivity contribution in [1.82, 2.24) is 0 Å². The van der Waals surface area contributed by atoms with E-state index in [0.717, 1.165) is 23.2 Å². The van der Waals surface area contributed by atoms with Crippen LogP contribution in [0, 0.1) is 18.3 Å². The lowest BCUT2D eigenvalue weighted by Gasteiger charge is -2.43. The summed E-state index contributed by atoms with van der Waals surface area (Å²) in [5.74, 6) is -0.738. The summed E-state index contributed by atoms with van der Waals surface area (Å²) in [6.07, 6.45) is 0.823. The number of rotatable bonds is 2. The second-order valence-electron chi connectivity index (χ2n) is 7.39. The zero-order chi connectivity index (χ0) is 18.5. The van der Waals surface area contributed by atoms with Crippen molar-refractivity contribution >= 4 is 23.1 Å². The van der Waals surface area contributed by atoms with E-state index >= 15 is 0 Å². The number of nitrogens with zero attached hydrogens (tertiary/aromatic N) is 2. The van der Waals surface area contributed by atoms with Crippen LogP contribution < -0.4 is 4.90 Å². The van der Waals surface area contributed by atoms with E-state index in [2.05, 4.69) is 13.0 Å². The maximum Gasteiger partial charge on any atom is 0.349 e. The molecule has 0 unspecified atom stereocenters. The maximum absolute atomic E-state index is 13.2. The molecule has 0 N–H and O–H groups in total. The average molecular weight is 338 g/mol. The van der Waals surface area contributed by atoms with Crippen molar-refractivity contribution in [3.63, 3.8) is 0 Å². The molecule has 0 radical (unpaired) electrons. The van der Waals surface area contributed by atoms with Gasteiger partial charge in [-0.1, -0.05) is 18.6 Å². The van der Waals surface area contributed by atoms with Crippen LogP contribution in [0.5, 0.6) is 0 Å². The Balaban J connectivity index is 2.35. The molecule has 2 heterocycles. The minimum atomic E-state index is -0.741. The molecule has 3 rings (SSSR count). The van der Waals surface area contributed by atoms with Gasteiger partial charge in [-0.2, -0.15) is 5.26 Å². The minimum Gasteiger partial charge on any atom is -0.462 e. The number of carbonyl (C=O) groups is 2. The number of aryl methyl sites for hydroxylation is 1. The molecule has 0 saturated heterocycles. The van der Waals surface area contributed by atoms with E-state index in [1.165, 1.54) is 0 Å². The van der Waals surface area contributed by atoms with Gasteiger partial charge < -0.3 is 9.64 Å². The molecule has 1 aromatic rings. The zero-order valence-corrected chi connectivity index (χ0v) is 15.3. The summed E-state index contributed by atoms with van der Waals surface area (Å²) in [4.78, 5) is 27.2. The summed E-state index contributed by atoms with van der Waals surface area (Å²) in [5.41, 5.74) is 3.19. The zero-order valence-electron chi connectivity index (χ0n) is 15.3. The van der Waals surface area contributed by atoms with E-state index in [9.17, 15) is 14.9 Å². The Kier molecular flexibility index (Phi) is 3.95. The molecule has 0 bridgehead atoms. The third-order valence-electron chi connectivity index (χ3n) is 4.98. The van der Waals surface area contributed by atoms with Gasteiger partial charge in [0.25, 0.3) is 5.91 Å². The van der Waals surface area contributed by atoms with Crippen LogP contribution in [0.25, 0.3) is 5.57 Å². The lowest BCUT2D eigenvalue weighted by molar-refractivity contribution is -0.138. The van der Waals surface area contributed by atoms with Gasteiger partial charge in [0.1, 0.15) is 6.07 Å². The molecule has 1 aromatic carbocycles. The number of benzene rings is 1. The van der Waals surface area contributed by atoms with Crippen molar-refractivity contribution in [3.8, 4) is 6.07 Å². The SMILES string of the molecule is CCOC(=O)/C(C#N)=C1/C(=O)N2c3c1cc(C)cc3[C@@H](C)CC2(C)C. The van der Waals surface area contributed by atoms with Crippen LogP contribution in [-0.2, 0) is 14.3 Å². The van der Waals surface area contributed by atoms with E-state index in [1.807, 2.05) is 32.9 Å². The Bertz CT molecular complexity index is 858. The van der Waals surface area contributed by atoms with Crippen LogP contribution in [0.2, 0.25) is 0 Å². The van der Waals surface area contributed by atoms with Gasteiger partial charge in [-0.25, -0.2) is 4.79 Å². The number of hydrogen-bond acceptors (Lipinski definition) is 4. The third-order valence-corrected chi connectivity index (χ3v) is 4.98. The lowest BCUT2D eigenvalue weighted by atomic mass is 9.80. The summed E-state index contributed by atoms with van der Waals surface area (Å²) in [5, 5.41) is 9.54. The minimum absolute atomic E-state index is 0.156. The van der Waals surface area contributed by atoms with Gasteiger partial charge >= 0.3 is 5.97 Å². The van der Waals surface area contributed by atoms with Crippen LogP contribution in [0.4, 0.5) is 5.69 Å². The largest absolute Gasteiger partial charge is 0.462 e. The molecule has 1 atom stereocenters. The molecule has 25 heavy (non-hydrogen) atoms. The van der Waals surface area contributed by atoms with Gasteiger partial charge in [-0.05, 0) is 51.7 Å². The van der Waals surface area contributed by atoms with E-state index in [0.29, 0.717) is 11.5 Å². The Labute approximate surface area is 147 Å². The van der Waals surface area contributed by atoms with Crippen LogP contribution >= 0.6 is 0 Å². The monoisotopic (exact) mass is 338 g/mol. The first kappa shape index (κ1) is 17.2. The highest BCUT2D eigenvalue weighted by Crippen LogP contribution is 2.52. The molecule has 0 saturated carbocycles. The summed E-state index contributed by atoms with van der Waals surface area (Å²) in [7, 11) is 0. The van der Waals surface area contributed by atoms with Crippen LogP contribution in [-0.4, -0.2) is 24.0 Å². The number of ether oxygens (including phenoxy) is 1. The fourth-order valence-electron chi connectivity index (χ4n) is 4.13. The normalized spacial score (nSPS) is 22.3. The number of anilines is 1. The van der Waals surface area contributed by atoms with Crippen LogP contribution in [0.3, 0.4) is 0 Å². The lowest BCUT2D eigenvalue weighted by Crippen LogP contribution is -2.49. The number of nitriles is 1. The highest BCUT2D eigenvalue weighted by atomic mass is 16.5. The molecule has 130 valence electrons. The molecule has 1 amide bonds. The predicted molar refractivity (Wildman–Crippen MR) is 94.9 cm³/mol. The van der Waals surface area contributed by atoms with E-state index in [1.54, 1.807) is 11.8 Å². The molecule has 2 aliphatic heterocycles. The Hall–Kier alpha value is -2.61. The van der Waals surface area contributed by atoms with E-state index in [-0.39, 0.29) is 29.2 Å². The molecule has 0 spiro atoms. The van der Waals surface area contributed by atoms with Gasteiger partial charge in [-0.15, -0.1) is 0 Å². The summed E-state index contributed by atoms with van der Waals surface area (Å²) >= 11 is 0. The van der Waals surface area contributed by atoms with Crippen molar-refractivity contribution in [3.05, 3.63) is 34.4 Å². The maximum atomic E-state index is 13.2. The van der Waals surface area contributed by atoms with Gasteiger partial charge in [0.2, 0.25) is 0 Å². The molecular formula is C20H22N2O3. The molecule has 0 aliphatic carbocycles. The quantitative estimate of drug-likeness (QED) is 0.470. The Morgan fingerprint density at radius 1 is 1.44 bits per heavy atom. The topological polar surface area (TPSA) is 70.4 Å². The van der Waals surface area contributed by atoms with Crippen molar-refractivity contribution in [2.75, 3.05) is 11.5 Å². The van der Waals surface area contributed by atoms with Gasteiger partial charge in [0.05, 0.1) is 17.9 Å². The van der Waals surface area contributed by atoms with E-state index in [4.69, 9.17) is 4.74 Å². The standard InChI is InChI=1S/C20H22N2O3/c1-6-25-19(24)15(10-21)16-14-8-11(2)7-13-12(3)9-20(4,5)22(17(13)14)18(16)23/h7-8,12H,6,9H2,1-5H3/b16-15+/t12-/m0/s1. The van der Waals surface area contributed by atoms with Crippen molar-refractivity contribution in [2.24, 2.45) is 0 Å². The number of hydrogen-bond donors (Lipinski definition) is 0. The number of esters is 1. The second-order valence-corrected chi connectivity index (χ2v) is 7.39. The smallest absolute Gasteiger partial charge is 0.349 e. The highest BCUT2D eigenvalue weighted by molar-refractivity contribution is 6.37. The summed E-state index contributed by atoms with van der Waals surface area (Å²) in [6.45, 7) is 9.99. The summed E-state index contributed by atoms with van der Waals surface area (Å²) in [6, 6.07) is 5.88. The van der Waals surface area contributed by atoms with Crippen molar-refractivity contribution in [2.45, 2.75) is 52.5 Å². The molecule has 2 aliphatic rings. The Morgan fingerprint density at radius 2 is 2.12 bits per heavy atom. The molecule has 5 nitrogen and oxygen atoms in total. The molecule has 0 aromatic heterocycles.